The fourth-order valence-corrected chi connectivity index (χ4v) is 4.24. The molecule has 1 aliphatic heterocycles. The van der Waals surface area contributed by atoms with Gasteiger partial charge in [-0.15, -0.1) is 11.8 Å². The summed E-state index contributed by atoms with van der Waals surface area (Å²) in [6, 6.07) is 2.33. The molecule has 0 aliphatic carbocycles. The molecule has 2 unspecified atom stereocenters. The van der Waals surface area contributed by atoms with E-state index in [2.05, 4.69) is 10.3 Å². The van der Waals surface area contributed by atoms with Crippen LogP contribution < -0.4 is 10.9 Å². The van der Waals surface area contributed by atoms with Crippen molar-refractivity contribution in [2.45, 2.75) is 65.3 Å². The number of thioether (sulfide) groups is 1. The fraction of sp³-hybridized carbons (Fsp3) is 0.650. The van der Waals surface area contributed by atoms with Crippen LogP contribution in [-0.2, 0) is 14.3 Å². The second kappa shape index (κ2) is 10.2. The molecule has 1 aromatic rings. The number of carbonyl (C=O) groups is 1. The van der Waals surface area contributed by atoms with Gasteiger partial charge in [-0.2, -0.15) is 0 Å². The maximum absolute atomic E-state index is 12.8. The van der Waals surface area contributed by atoms with Gasteiger partial charge in [0.05, 0.1) is 6.04 Å². The lowest BCUT2D eigenvalue weighted by Gasteiger charge is -2.28. The van der Waals surface area contributed by atoms with Crippen molar-refractivity contribution < 1.29 is 18.7 Å². The largest absolute Gasteiger partial charge is 0.426 e. The van der Waals surface area contributed by atoms with Crippen molar-refractivity contribution in [3.63, 3.8) is 0 Å². The van der Waals surface area contributed by atoms with Gasteiger partial charge >= 0.3 is 5.63 Å². The predicted molar refractivity (Wildman–Crippen MR) is 111 cm³/mol. The molecular weight excluding hydrogens is 380 g/mol. The van der Waals surface area contributed by atoms with Crippen LogP contribution in [-0.4, -0.2) is 41.7 Å². The maximum Gasteiger partial charge on any atom is 0.336 e. The van der Waals surface area contributed by atoms with E-state index in [4.69, 9.17) is 13.9 Å². The second-order valence-corrected chi connectivity index (χ2v) is 7.79. The number of aryl methyl sites for hydroxylation is 1. The third kappa shape index (κ3) is 5.68. The standard InChI is InChI=1S/C20H30N2O5S/c1-6-9-14(16-10-13(4)11-17(23)27-16)21-18(24)15-12-28-19(22-15)20(5,25-7-2)26-8-3/h10-11,14-15H,6-9,12H2,1-5H3,(H,21,24). The van der Waals surface area contributed by atoms with Crippen molar-refractivity contribution in [1.29, 1.82) is 0 Å². The zero-order valence-corrected chi connectivity index (χ0v) is 18.1. The Kier molecular flexibility index (Phi) is 8.27. The lowest BCUT2D eigenvalue weighted by atomic mass is 10.1. The molecule has 0 radical (unpaired) electrons. The number of rotatable bonds is 10. The summed E-state index contributed by atoms with van der Waals surface area (Å²) in [5, 5.41) is 3.66. The van der Waals surface area contributed by atoms with E-state index < -0.39 is 17.5 Å². The molecule has 1 N–H and O–H groups in total. The summed E-state index contributed by atoms with van der Waals surface area (Å²) in [6.45, 7) is 10.4. The number of nitrogens with one attached hydrogen (secondary N) is 1. The number of amides is 1. The van der Waals surface area contributed by atoms with Gasteiger partial charge in [0.15, 0.2) is 0 Å². The third-order valence-corrected chi connectivity index (χ3v) is 5.58. The van der Waals surface area contributed by atoms with Crippen LogP contribution in [0.4, 0.5) is 0 Å². The molecule has 0 saturated carbocycles. The molecule has 2 atom stereocenters. The van der Waals surface area contributed by atoms with Crippen molar-refractivity contribution in [1.82, 2.24) is 5.32 Å². The minimum atomic E-state index is -0.935. The van der Waals surface area contributed by atoms with Gasteiger partial charge in [-0.1, -0.05) is 13.3 Å². The Labute approximate surface area is 170 Å². The molecule has 8 heteroatoms. The molecule has 0 fully saturated rings. The Bertz CT molecular complexity index is 755. The SMILES string of the molecule is CCCC(NC(=O)C1CSC(C(C)(OCC)OCC)=N1)c1cc(C)cc(=O)o1. The monoisotopic (exact) mass is 410 g/mol. The first kappa shape index (κ1) is 22.6. The average molecular weight is 411 g/mol. The minimum Gasteiger partial charge on any atom is -0.426 e. The topological polar surface area (TPSA) is 90.1 Å². The van der Waals surface area contributed by atoms with Crippen LogP contribution in [0, 0.1) is 6.92 Å². The number of aliphatic imine (C=N–C) groups is 1. The van der Waals surface area contributed by atoms with Gasteiger partial charge in [0.25, 0.3) is 0 Å². The summed E-state index contributed by atoms with van der Waals surface area (Å²) in [6.07, 6.45) is 1.51. The van der Waals surface area contributed by atoms with E-state index >= 15 is 0 Å². The molecule has 1 amide bonds. The van der Waals surface area contributed by atoms with Crippen LogP contribution in [0.2, 0.25) is 0 Å². The summed E-state index contributed by atoms with van der Waals surface area (Å²) in [5.74, 6) is -0.132. The molecule has 0 aromatic carbocycles. The smallest absolute Gasteiger partial charge is 0.336 e. The molecular formula is C20H30N2O5S. The first-order valence-electron chi connectivity index (χ1n) is 9.74. The number of hydrogen-bond donors (Lipinski definition) is 1. The highest BCUT2D eigenvalue weighted by Gasteiger charge is 2.39. The van der Waals surface area contributed by atoms with E-state index in [1.807, 2.05) is 34.6 Å². The van der Waals surface area contributed by atoms with E-state index in [9.17, 15) is 9.59 Å². The van der Waals surface area contributed by atoms with Gasteiger partial charge in [-0.3, -0.25) is 9.79 Å². The van der Waals surface area contributed by atoms with Crippen molar-refractivity contribution >= 4 is 22.7 Å². The van der Waals surface area contributed by atoms with Crippen molar-refractivity contribution in [3.8, 4) is 0 Å². The second-order valence-electron chi connectivity index (χ2n) is 6.78. The lowest BCUT2D eigenvalue weighted by molar-refractivity contribution is -0.168. The van der Waals surface area contributed by atoms with Crippen molar-refractivity contribution in [2.24, 2.45) is 4.99 Å². The van der Waals surface area contributed by atoms with Gasteiger partial charge in [-0.05, 0) is 45.7 Å². The first-order chi connectivity index (χ1) is 13.3. The van der Waals surface area contributed by atoms with Gasteiger partial charge in [-0.25, -0.2) is 4.79 Å². The van der Waals surface area contributed by atoms with Gasteiger partial charge in [0, 0.05) is 25.0 Å². The highest BCUT2D eigenvalue weighted by molar-refractivity contribution is 8.14. The van der Waals surface area contributed by atoms with Crippen molar-refractivity contribution in [2.75, 3.05) is 19.0 Å². The highest BCUT2D eigenvalue weighted by atomic mass is 32.2. The van der Waals surface area contributed by atoms with Crippen LogP contribution in [0.15, 0.2) is 26.3 Å². The van der Waals surface area contributed by atoms with E-state index in [-0.39, 0.29) is 11.9 Å². The maximum atomic E-state index is 12.8. The minimum absolute atomic E-state index is 0.194. The number of nitrogens with zero attached hydrogens (tertiary/aromatic N) is 1. The predicted octanol–water partition coefficient (Wildman–Crippen LogP) is 3.21. The quantitative estimate of drug-likeness (QED) is 0.596. The van der Waals surface area contributed by atoms with E-state index in [1.54, 1.807) is 6.07 Å². The zero-order valence-electron chi connectivity index (χ0n) is 17.2. The van der Waals surface area contributed by atoms with E-state index in [0.29, 0.717) is 36.2 Å². The Hall–Kier alpha value is -1.64. The van der Waals surface area contributed by atoms with Gasteiger partial charge in [0.2, 0.25) is 11.7 Å². The fourth-order valence-electron chi connectivity index (χ4n) is 3.11. The molecule has 0 saturated heterocycles. The van der Waals surface area contributed by atoms with E-state index in [1.165, 1.54) is 17.8 Å². The molecule has 0 spiro atoms. The van der Waals surface area contributed by atoms with Crippen molar-refractivity contribution in [3.05, 3.63) is 33.9 Å². The Morgan fingerprint density at radius 1 is 1.36 bits per heavy atom. The van der Waals surface area contributed by atoms with Crippen LogP contribution in [0.3, 0.4) is 0 Å². The van der Waals surface area contributed by atoms with Gasteiger partial charge < -0.3 is 19.2 Å². The summed E-state index contributed by atoms with van der Waals surface area (Å²) in [4.78, 5) is 29.1. The summed E-state index contributed by atoms with van der Waals surface area (Å²) >= 11 is 1.47. The lowest BCUT2D eigenvalue weighted by Crippen LogP contribution is -2.40. The molecule has 156 valence electrons. The Morgan fingerprint density at radius 2 is 2.04 bits per heavy atom. The van der Waals surface area contributed by atoms with Crippen LogP contribution in [0.25, 0.3) is 0 Å². The summed E-state index contributed by atoms with van der Waals surface area (Å²) < 4.78 is 16.8. The van der Waals surface area contributed by atoms with Gasteiger partial charge in [0.1, 0.15) is 16.8 Å². The average Bonchev–Trinajstić information content (AvgIpc) is 3.12. The molecule has 1 aliphatic rings. The molecule has 2 rings (SSSR count). The van der Waals surface area contributed by atoms with Crippen LogP contribution in [0.1, 0.15) is 57.9 Å². The Balaban J connectivity index is 2.15. The zero-order chi connectivity index (χ0) is 20.7. The molecule has 0 bridgehead atoms. The summed E-state index contributed by atoms with van der Waals surface area (Å²) in [5.41, 5.74) is 0.397. The normalized spacial score (nSPS) is 18.0. The summed E-state index contributed by atoms with van der Waals surface area (Å²) in [7, 11) is 0. The molecule has 28 heavy (non-hydrogen) atoms. The highest BCUT2D eigenvalue weighted by Crippen LogP contribution is 2.30. The number of ether oxygens (including phenoxy) is 2. The third-order valence-electron chi connectivity index (χ3n) is 4.35. The molecule has 7 nitrogen and oxygen atoms in total. The first-order valence-corrected chi connectivity index (χ1v) is 10.7. The number of hydrogen-bond acceptors (Lipinski definition) is 7. The molecule has 2 heterocycles. The van der Waals surface area contributed by atoms with Crippen LogP contribution in [0.5, 0.6) is 0 Å². The van der Waals surface area contributed by atoms with E-state index in [0.717, 1.165) is 12.0 Å². The number of carbonyl (C=O) groups excluding carboxylic acids is 1. The molecule has 1 aromatic heterocycles. The van der Waals surface area contributed by atoms with Crippen LogP contribution >= 0.6 is 11.8 Å². The Morgan fingerprint density at radius 3 is 2.61 bits per heavy atom.